The lowest BCUT2D eigenvalue weighted by atomic mass is 9.79. The van der Waals surface area contributed by atoms with Crippen molar-refractivity contribution in [1.82, 2.24) is 5.32 Å². The van der Waals surface area contributed by atoms with E-state index in [1.54, 1.807) is 18.2 Å². The number of phenols is 1. The fraction of sp³-hybridized carbons (Fsp3) is 0.533. The van der Waals surface area contributed by atoms with E-state index in [2.05, 4.69) is 12.2 Å². The molecule has 1 saturated carbocycles. The van der Waals surface area contributed by atoms with Crippen molar-refractivity contribution in [2.45, 2.75) is 38.2 Å². The lowest BCUT2D eigenvalue weighted by Gasteiger charge is -2.34. The number of aromatic hydroxyl groups is 1. The number of hydrogen-bond donors (Lipinski definition) is 3. The lowest BCUT2D eigenvalue weighted by molar-refractivity contribution is -0.00542. The zero-order chi connectivity index (χ0) is 13.9. The van der Waals surface area contributed by atoms with Crippen LogP contribution in [0.2, 0.25) is 0 Å². The summed E-state index contributed by atoms with van der Waals surface area (Å²) in [4.78, 5) is 11.9. The smallest absolute Gasteiger partial charge is 0.255 e. The number of carbonyl (C=O) groups is 1. The standard InChI is InChI=1S/C15H21NO3/c1-11-6-8-15(19,9-7-11)10-16-14(18)12-4-2-3-5-13(12)17/h2-5,11,17,19H,6-10H2,1H3,(H,16,18). The molecular formula is C15H21NO3. The van der Waals surface area contributed by atoms with Crippen LogP contribution in [0, 0.1) is 5.92 Å². The minimum atomic E-state index is -0.799. The first-order valence-corrected chi connectivity index (χ1v) is 6.79. The molecule has 1 amide bonds. The van der Waals surface area contributed by atoms with Gasteiger partial charge in [-0.05, 0) is 43.7 Å². The molecule has 1 fully saturated rings. The number of nitrogens with one attached hydrogen (secondary N) is 1. The lowest BCUT2D eigenvalue weighted by Crippen LogP contribution is -2.45. The Balaban J connectivity index is 1.92. The monoisotopic (exact) mass is 263 g/mol. The van der Waals surface area contributed by atoms with Crippen LogP contribution in [0.25, 0.3) is 0 Å². The van der Waals surface area contributed by atoms with E-state index in [4.69, 9.17) is 0 Å². The summed E-state index contributed by atoms with van der Waals surface area (Å²) in [6.07, 6.45) is 3.41. The van der Waals surface area contributed by atoms with Gasteiger partial charge in [-0.1, -0.05) is 19.1 Å². The van der Waals surface area contributed by atoms with E-state index in [0.717, 1.165) is 25.7 Å². The van der Waals surface area contributed by atoms with Crippen molar-refractivity contribution in [1.29, 1.82) is 0 Å². The predicted molar refractivity (Wildman–Crippen MR) is 73.0 cm³/mol. The molecule has 4 heteroatoms. The zero-order valence-corrected chi connectivity index (χ0v) is 11.2. The van der Waals surface area contributed by atoms with Gasteiger partial charge in [0.15, 0.2) is 0 Å². The average Bonchev–Trinajstić information content (AvgIpc) is 2.41. The Morgan fingerprint density at radius 1 is 1.37 bits per heavy atom. The van der Waals surface area contributed by atoms with Crippen molar-refractivity contribution >= 4 is 5.91 Å². The van der Waals surface area contributed by atoms with Gasteiger partial charge in [0.2, 0.25) is 0 Å². The molecule has 0 saturated heterocycles. The van der Waals surface area contributed by atoms with Crippen LogP contribution in [0.15, 0.2) is 24.3 Å². The summed E-state index contributed by atoms with van der Waals surface area (Å²) in [6, 6.07) is 6.41. The van der Waals surface area contributed by atoms with Gasteiger partial charge in [0, 0.05) is 6.54 Å². The minimum absolute atomic E-state index is 0.0377. The molecule has 0 aliphatic heterocycles. The molecule has 1 aromatic rings. The molecule has 2 rings (SSSR count). The summed E-state index contributed by atoms with van der Waals surface area (Å²) in [6.45, 7) is 2.42. The molecule has 0 radical (unpaired) electrons. The predicted octanol–water partition coefficient (Wildman–Crippen LogP) is 2.06. The minimum Gasteiger partial charge on any atom is -0.507 e. The van der Waals surface area contributed by atoms with Crippen LogP contribution in [0.1, 0.15) is 43.0 Å². The second kappa shape index (κ2) is 5.61. The SMILES string of the molecule is CC1CCC(O)(CNC(=O)c2ccccc2O)CC1. The first-order valence-electron chi connectivity index (χ1n) is 6.79. The summed E-state index contributed by atoms with van der Waals surface area (Å²) >= 11 is 0. The second-order valence-electron chi connectivity index (χ2n) is 5.61. The molecule has 1 aromatic carbocycles. The maximum atomic E-state index is 11.9. The Kier molecular flexibility index (Phi) is 4.10. The van der Waals surface area contributed by atoms with Crippen LogP contribution in [0.4, 0.5) is 0 Å². The quantitative estimate of drug-likeness (QED) is 0.782. The van der Waals surface area contributed by atoms with Gasteiger partial charge in [0.05, 0.1) is 11.2 Å². The molecular weight excluding hydrogens is 242 g/mol. The third-order valence-corrected chi connectivity index (χ3v) is 3.93. The van der Waals surface area contributed by atoms with Crippen molar-refractivity contribution in [2.75, 3.05) is 6.54 Å². The Morgan fingerprint density at radius 2 is 2.00 bits per heavy atom. The fourth-order valence-electron chi connectivity index (χ4n) is 2.48. The van der Waals surface area contributed by atoms with Gasteiger partial charge in [-0.25, -0.2) is 0 Å². The molecule has 0 atom stereocenters. The van der Waals surface area contributed by atoms with Crippen molar-refractivity contribution in [3.8, 4) is 5.75 Å². The van der Waals surface area contributed by atoms with E-state index >= 15 is 0 Å². The van der Waals surface area contributed by atoms with Crippen LogP contribution in [-0.4, -0.2) is 28.3 Å². The molecule has 0 bridgehead atoms. The molecule has 1 aliphatic rings. The maximum absolute atomic E-state index is 11.9. The molecule has 0 unspecified atom stereocenters. The van der Waals surface area contributed by atoms with Gasteiger partial charge < -0.3 is 15.5 Å². The van der Waals surface area contributed by atoms with Crippen LogP contribution >= 0.6 is 0 Å². The summed E-state index contributed by atoms with van der Waals surface area (Å²) in [5.41, 5.74) is -0.553. The van der Waals surface area contributed by atoms with Crippen LogP contribution in [0.3, 0.4) is 0 Å². The molecule has 0 aromatic heterocycles. The first kappa shape index (κ1) is 13.9. The van der Waals surface area contributed by atoms with Gasteiger partial charge in [-0.3, -0.25) is 4.79 Å². The van der Waals surface area contributed by atoms with Crippen molar-refractivity contribution < 1.29 is 15.0 Å². The third kappa shape index (κ3) is 3.47. The van der Waals surface area contributed by atoms with Crippen LogP contribution in [-0.2, 0) is 0 Å². The van der Waals surface area contributed by atoms with Gasteiger partial charge in [0.25, 0.3) is 5.91 Å². The van der Waals surface area contributed by atoms with Gasteiger partial charge in [0.1, 0.15) is 5.75 Å². The summed E-state index contributed by atoms with van der Waals surface area (Å²) in [7, 11) is 0. The number of amides is 1. The third-order valence-electron chi connectivity index (χ3n) is 3.93. The van der Waals surface area contributed by atoms with E-state index in [1.165, 1.54) is 6.07 Å². The van der Waals surface area contributed by atoms with Crippen LogP contribution < -0.4 is 5.32 Å². The van der Waals surface area contributed by atoms with Crippen molar-refractivity contribution in [3.05, 3.63) is 29.8 Å². The highest BCUT2D eigenvalue weighted by atomic mass is 16.3. The highest BCUT2D eigenvalue weighted by molar-refractivity contribution is 5.96. The number of rotatable bonds is 3. The molecule has 3 N–H and O–H groups in total. The Bertz CT molecular complexity index is 450. The Morgan fingerprint density at radius 3 is 2.63 bits per heavy atom. The molecule has 0 spiro atoms. The summed E-state index contributed by atoms with van der Waals surface area (Å²) < 4.78 is 0. The zero-order valence-electron chi connectivity index (χ0n) is 11.2. The second-order valence-corrected chi connectivity index (χ2v) is 5.61. The Labute approximate surface area is 113 Å². The normalized spacial score (nSPS) is 26.9. The summed E-state index contributed by atoms with van der Waals surface area (Å²) in [5.74, 6) is 0.267. The number of phenolic OH excluding ortho intramolecular Hbond substituents is 1. The largest absolute Gasteiger partial charge is 0.507 e. The van der Waals surface area contributed by atoms with Crippen molar-refractivity contribution in [3.63, 3.8) is 0 Å². The topological polar surface area (TPSA) is 69.6 Å². The molecule has 4 nitrogen and oxygen atoms in total. The maximum Gasteiger partial charge on any atom is 0.255 e. The molecule has 104 valence electrons. The first-order chi connectivity index (χ1) is 9.00. The summed E-state index contributed by atoms with van der Waals surface area (Å²) in [5, 5.41) is 22.7. The van der Waals surface area contributed by atoms with Gasteiger partial charge in [-0.2, -0.15) is 0 Å². The van der Waals surface area contributed by atoms with E-state index in [-0.39, 0.29) is 23.8 Å². The Hall–Kier alpha value is -1.55. The number of aliphatic hydroxyl groups is 1. The number of benzene rings is 1. The number of para-hydroxylation sites is 1. The molecule has 19 heavy (non-hydrogen) atoms. The van der Waals surface area contributed by atoms with E-state index < -0.39 is 5.60 Å². The van der Waals surface area contributed by atoms with Crippen molar-refractivity contribution in [2.24, 2.45) is 5.92 Å². The highest BCUT2D eigenvalue weighted by Crippen LogP contribution is 2.31. The average molecular weight is 263 g/mol. The molecule has 1 aliphatic carbocycles. The van der Waals surface area contributed by atoms with E-state index in [1.807, 2.05) is 0 Å². The fourth-order valence-corrected chi connectivity index (χ4v) is 2.48. The number of hydrogen-bond acceptors (Lipinski definition) is 3. The number of carbonyl (C=O) groups excluding carboxylic acids is 1. The van der Waals surface area contributed by atoms with E-state index in [9.17, 15) is 15.0 Å². The van der Waals surface area contributed by atoms with E-state index in [0.29, 0.717) is 5.92 Å². The van der Waals surface area contributed by atoms with Gasteiger partial charge in [-0.15, -0.1) is 0 Å². The van der Waals surface area contributed by atoms with Gasteiger partial charge >= 0.3 is 0 Å². The van der Waals surface area contributed by atoms with Crippen LogP contribution in [0.5, 0.6) is 5.75 Å². The highest BCUT2D eigenvalue weighted by Gasteiger charge is 2.32. The molecule has 0 heterocycles.